The van der Waals surface area contributed by atoms with Crippen LogP contribution >= 0.6 is 0 Å². The van der Waals surface area contributed by atoms with Crippen LogP contribution in [0.4, 0.5) is 5.82 Å². The fourth-order valence-electron chi connectivity index (χ4n) is 3.13. The number of aromatic nitrogens is 2. The minimum absolute atomic E-state index is 0.00519. The smallest absolute Gasteiger partial charge is 0.228 e. The lowest BCUT2D eigenvalue weighted by molar-refractivity contribution is -0.137. The van der Waals surface area contributed by atoms with Gasteiger partial charge in [0.15, 0.2) is 0 Å². The van der Waals surface area contributed by atoms with E-state index in [9.17, 15) is 9.59 Å². The van der Waals surface area contributed by atoms with Crippen molar-refractivity contribution < 1.29 is 9.59 Å². The van der Waals surface area contributed by atoms with Crippen LogP contribution < -0.4 is 5.32 Å². The average molecular weight is 340 g/mol. The molecule has 0 unspecified atom stereocenters. The molecule has 0 bridgehead atoms. The van der Waals surface area contributed by atoms with Gasteiger partial charge in [0, 0.05) is 31.0 Å². The average Bonchev–Trinajstić information content (AvgIpc) is 3.10. The van der Waals surface area contributed by atoms with Crippen LogP contribution in [0.25, 0.3) is 5.69 Å². The summed E-state index contributed by atoms with van der Waals surface area (Å²) >= 11 is 0. The van der Waals surface area contributed by atoms with Gasteiger partial charge in [0.25, 0.3) is 0 Å². The second-order valence-electron chi connectivity index (χ2n) is 6.71. The molecule has 1 aliphatic heterocycles. The zero-order chi connectivity index (χ0) is 17.8. The van der Waals surface area contributed by atoms with Gasteiger partial charge in [-0.2, -0.15) is 5.10 Å². The Bertz CT molecular complexity index is 731. The van der Waals surface area contributed by atoms with Crippen LogP contribution in [0.1, 0.15) is 26.7 Å². The van der Waals surface area contributed by atoms with Crippen LogP contribution in [0.5, 0.6) is 0 Å². The molecule has 6 heteroatoms. The van der Waals surface area contributed by atoms with Crippen LogP contribution in [0.3, 0.4) is 0 Å². The molecule has 1 aromatic heterocycles. The predicted octanol–water partition coefficient (Wildman–Crippen LogP) is 2.71. The van der Waals surface area contributed by atoms with Gasteiger partial charge in [-0.15, -0.1) is 0 Å². The third-order valence-corrected chi connectivity index (χ3v) is 4.57. The van der Waals surface area contributed by atoms with E-state index in [0.29, 0.717) is 31.7 Å². The van der Waals surface area contributed by atoms with E-state index in [1.54, 1.807) is 16.9 Å². The summed E-state index contributed by atoms with van der Waals surface area (Å²) in [4.78, 5) is 26.5. The summed E-state index contributed by atoms with van der Waals surface area (Å²) < 4.78 is 1.72. The number of para-hydroxylation sites is 1. The predicted molar refractivity (Wildman–Crippen MR) is 96.3 cm³/mol. The molecule has 2 heterocycles. The fourth-order valence-corrected chi connectivity index (χ4v) is 3.13. The van der Waals surface area contributed by atoms with Gasteiger partial charge in [0.2, 0.25) is 11.8 Å². The van der Waals surface area contributed by atoms with Gasteiger partial charge in [-0.25, -0.2) is 4.68 Å². The maximum atomic E-state index is 12.6. The number of anilines is 1. The molecular formula is C19H24N4O2. The topological polar surface area (TPSA) is 67.2 Å². The molecule has 132 valence electrons. The summed E-state index contributed by atoms with van der Waals surface area (Å²) in [5.41, 5.74) is 0.903. The highest BCUT2D eigenvalue weighted by Gasteiger charge is 2.28. The minimum atomic E-state index is -0.0738. The number of rotatable bonds is 4. The molecule has 0 atom stereocenters. The Morgan fingerprint density at radius 2 is 1.80 bits per heavy atom. The van der Waals surface area contributed by atoms with Crippen LogP contribution in [0.15, 0.2) is 42.6 Å². The van der Waals surface area contributed by atoms with Crippen molar-refractivity contribution in [1.82, 2.24) is 14.7 Å². The van der Waals surface area contributed by atoms with E-state index in [1.165, 1.54) is 0 Å². The molecule has 2 amide bonds. The van der Waals surface area contributed by atoms with Gasteiger partial charge < -0.3 is 10.2 Å². The maximum Gasteiger partial charge on any atom is 0.228 e. The molecule has 0 saturated carbocycles. The first-order valence-corrected chi connectivity index (χ1v) is 8.75. The first kappa shape index (κ1) is 17.2. The summed E-state index contributed by atoms with van der Waals surface area (Å²) in [5.74, 6) is 0.758. The van der Waals surface area contributed by atoms with E-state index in [1.807, 2.05) is 49.1 Å². The van der Waals surface area contributed by atoms with Gasteiger partial charge in [-0.1, -0.05) is 32.0 Å². The highest BCUT2D eigenvalue weighted by Crippen LogP contribution is 2.22. The normalized spacial score (nSPS) is 15.4. The van der Waals surface area contributed by atoms with Crippen LogP contribution in [-0.2, 0) is 9.59 Å². The van der Waals surface area contributed by atoms with E-state index in [2.05, 4.69) is 10.4 Å². The summed E-state index contributed by atoms with van der Waals surface area (Å²) in [6.45, 7) is 5.11. The Labute approximate surface area is 147 Å². The van der Waals surface area contributed by atoms with Gasteiger partial charge in [0.1, 0.15) is 5.82 Å². The Morgan fingerprint density at radius 3 is 2.44 bits per heavy atom. The van der Waals surface area contributed by atoms with Gasteiger partial charge in [-0.3, -0.25) is 9.59 Å². The van der Waals surface area contributed by atoms with Crippen molar-refractivity contribution in [2.24, 2.45) is 11.8 Å². The molecule has 1 fully saturated rings. The number of carbonyl (C=O) groups excluding carboxylic acids is 2. The molecule has 1 N–H and O–H groups in total. The zero-order valence-electron chi connectivity index (χ0n) is 14.7. The molecule has 0 aliphatic carbocycles. The zero-order valence-corrected chi connectivity index (χ0v) is 14.7. The summed E-state index contributed by atoms with van der Waals surface area (Å²) in [5, 5.41) is 7.27. The van der Waals surface area contributed by atoms with E-state index in [0.717, 1.165) is 5.69 Å². The number of carbonyl (C=O) groups is 2. The third kappa shape index (κ3) is 3.90. The Balaban J connectivity index is 1.61. The number of hydrogen-bond donors (Lipinski definition) is 1. The van der Waals surface area contributed by atoms with Crippen molar-refractivity contribution in [2.45, 2.75) is 26.7 Å². The number of piperidine rings is 1. The van der Waals surface area contributed by atoms with Crippen LogP contribution in [0.2, 0.25) is 0 Å². The minimum Gasteiger partial charge on any atom is -0.342 e. The molecule has 2 aromatic rings. The highest BCUT2D eigenvalue weighted by atomic mass is 16.2. The monoisotopic (exact) mass is 340 g/mol. The van der Waals surface area contributed by atoms with Crippen molar-refractivity contribution in [3.63, 3.8) is 0 Å². The Morgan fingerprint density at radius 1 is 1.12 bits per heavy atom. The van der Waals surface area contributed by atoms with Gasteiger partial charge >= 0.3 is 0 Å². The SMILES string of the molecule is CC(C)C(=O)N1CCC(C(=O)Nc2ccnn2-c2ccccc2)CC1. The summed E-state index contributed by atoms with van der Waals surface area (Å²) in [6.07, 6.45) is 3.07. The molecule has 1 aromatic carbocycles. The summed E-state index contributed by atoms with van der Waals surface area (Å²) in [7, 11) is 0. The second kappa shape index (κ2) is 7.51. The molecule has 0 spiro atoms. The lowest BCUT2D eigenvalue weighted by Gasteiger charge is -2.32. The number of nitrogens with zero attached hydrogens (tertiary/aromatic N) is 3. The van der Waals surface area contributed by atoms with E-state index in [4.69, 9.17) is 0 Å². The first-order chi connectivity index (χ1) is 12.1. The lowest BCUT2D eigenvalue weighted by atomic mass is 9.95. The first-order valence-electron chi connectivity index (χ1n) is 8.75. The summed E-state index contributed by atoms with van der Waals surface area (Å²) in [6, 6.07) is 11.5. The van der Waals surface area contributed by atoms with E-state index >= 15 is 0 Å². The molecule has 1 aliphatic rings. The van der Waals surface area contributed by atoms with Gasteiger partial charge in [0.05, 0.1) is 11.9 Å². The van der Waals surface area contributed by atoms with Crippen molar-refractivity contribution in [3.8, 4) is 5.69 Å². The highest BCUT2D eigenvalue weighted by molar-refractivity contribution is 5.92. The van der Waals surface area contributed by atoms with Crippen molar-refractivity contribution in [3.05, 3.63) is 42.6 Å². The number of benzene rings is 1. The third-order valence-electron chi connectivity index (χ3n) is 4.57. The molecule has 3 rings (SSSR count). The van der Waals surface area contributed by atoms with Crippen LogP contribution in [0, 0.1) is 11.8 Å². The maximum absolute atomic E-state index is 12.6. The largest absolute Gasteiger partial charge is 0.342 e. The van der Waals surface area contributed by atoms with Crippen molar-refractivity contribution in [1.29, 1.82) is 0 Å². The molecule has 25 heavy (non-hydrogen) atoms. The standard InChI is InChI=1S/C19H24N4O2/c1-14(2)19(25)22-12-9-15(10-13-22)18(24)21-17-8-11-20-23(17)16-6-4-3-5-7-16/h3-8,11,14-15H,9-10,12-13H2,1-2H3,(H,21,24). The lowest BCUT2D eigenvalue weighted by Crippen LogP contribution is -2.43. The van der Waals surface area contributed by atoms with Crippen molar-refractivity contribution >= 4 is 17.6 Å². The second-order valence-corrected chi connectivity index (χ2v) is 6.71. The fraction of sp³-hybridized carbons (Fsp3) is 0.421. The number of nitrogens with one attached hydrogen (secondary N) is 1. The van der Waals surface area contributed by atoms with E-state index in [-0.39, 0.29) is 23.7 Å². The molecule has 1 saturated heterocycles. The van der Waals surface area contributed by atoms with Crippen LogP contribution in [-0.4, -0.2) is 39.6 Å². The number of hydrogen-bond acceptors (Lipinski definition) is 3. The van der Waals surface area contributed by atoms with E-state index < -0.39 is 0 Å². The molecule has 0 radical (unpaired) electrons. The number of likely N-dealkylation sites (tertiary alicyclic amines) is 1. The van der Waals surface area contributed by atoms with Crippen molar-refractivity contribution in [2.75, 3.05) is 18.4 Å². The Kier molecular flexibility index (Phi) is 5.16. The molecule has 6 nitrogen and oxygen atoms in total. The quantitative estimate of drug-likeness (QED) is 0.930. The molecular weight excluding hydrogens is 316 g/mol. The Hall–Kier alpha value is -2.63. The van der Waals surface area contributed by atoms with Gasteiger partial charge in [-0.05, 0) is 25.0 Å². The number of amides is 2.